The van der Waals surface area contributed by atoms with Crippen LogP contribution in [0.1, 0.15) is 46.7 Å². The normalized spacial score (nSPS) is 20.7. The molecular formula is C29H34N4O. The molecule has 2 aliphatic rings. The molecule has 1 heterocycles. The summed E-state index contributed by atoms with van der Waals surface area (Å²) in [5, 5.41) is 6.78. The number of benzene rings is 3. The largest absolute Gasteiger partial charge is 0.397 e. The third kappa shape index (κ3) is 5.49. The Morgan fingerprint density at radius 2 is 1.62 bits per heavy atom. The number of nitrogens with two attached hydrogens (primary N) is 1. The maximum Gasteiger partial charge on any atom is 0.256 e. The summed E-state index contributed by atoms with van der Waals surface area (Å²) in [6.07, 6.45) is 3.66. The molecule has 5 nitrogen and oxygen atoms in total. The number of piperidine rings is 1. The van der Waals surface area contributed by atoms with Gasteiger partial charge in [-0.15, -0.1) is 0 Å². The molecule has 0 bridgehead atoms. The molecule has 2 atom stereocenters. The molecule has 1 aliphatic carbocycles. The Hall–Kier alpha value is -3.15. The van der Waals surface area contributed by atoms with Crippen molar-refractivity contribution in [2.75, 3.05) is 30.7 Å². The van der Waals surface area contributed by atoms with Gasteiger partial charge in [-0.3, -0.25) is 9.69 Å². The Morgan fingerprint density at radius 3 is 2.41 bits per heavy atom. The van der Waals surface area contributed by atoms with Crippen molar-refractivity contribution < 1.29 is 4.79 Å². The van der Waals surface area contributed by atoms with Crippen LogP contribution < -0.4 is 16.4 Å². The van der Waals surface area contributed by atoms with Gasteiger partial charge in [0.15, 0.2) is 0 Å². The maximum absolute atomic E-state index is 13.0. The highest BCUT2D eigenvalue weighted by Gasteiger charge is 2.38. The van der Waals surface area contributed by atoms with Gasteiger partial charge in [0.2, 0.25) is 0 Å². The first kappa shape index (κ1) is 22.6. The average molecular weight is 455 g/mol. The van der Waals surface area contributed by atoms with E-state index in [9.17, 15) is 4.79 Å². The molecule has 3 aromatic rings. The average Bonchev–Trinajstić information content (AvgIpc) is 3.66. The predicted molar refractivity (Wildman–Crippen MR) is 139 cm³/mol. The number of rotatable bonds is 8. The Balaban J connectivity index is 1.10. The molecule has 2 fully saturated rings. The second kappa shape index (κ2) is 10.4. The van der Waals surface area contributed by atoms with E-state index in [-0.39, 0.29) is 5.91 Å². The number of anilines is 2. The highest BCUT2D eigenvalue weighted by Crippen LogP contribution is 2.40. The molecule has 34 heavy (non-hydrogen) atoms. The molecule has 1 aliphatic heterocycles. The van der Waals surface area contributed by atoms with Crippen molar-refractivity contribution in [2.45, 2.75) is 37.8 Å². The highest BCUT2D eigenvalue weighted by atomic mass is 16.1. The van der Waals surface area contributed by atoms with Crippen LogP contribution in [0.3, 0.4) is 0 Å². The number of hydrogen-bond acceptors (Lipinski definition) is 4. The fourth-order valence-corrected chi connectivity index (χ4v) is 5.08. The second-order valence-electron chi connectivity index (χ2n) is 9.69. The van der Waals surface area contributed by atoms with Crippen LogP contribution >= 0.6 is 0 Å². The molecule has 5 rings (SSSR count). The lowest BCUT2D eigenvalue weighted by molar-refractivity contribution is 0.102. The molecule has 0 unspecified atom stereocenters. The zero-order valence-corrected chi connectivity index (χ0v) is 19.6. The first-order valence-corrected chi connectivity index (χ1v) is 12.4. The van der Waals surface area contributed by atoms with Crippen molar-refractivity contribution in [3.05, 3.63) is 95.6 Å². The zero-order chi connectivity index (χ0) is 23.3. The molecule has 0 aromatic heterocycles. The van der Waals surface area contributed by atoms with Crippen molar-refractivity contribution in [3.8, 4) is 0 Å². The molecule has 0 radical (unpaired) electrons. The van der Waals surface area contributed by atoms with E-state index < -0.39 is 0 Å². The molecule has 4 N–H and O–H groups in total. The quantitative estimate of drug-likeness (QED) is 0.424. The van der Waals surface area contributed by atoms with Gasteiger partial charge in [-0.05, 0) is 74.1 Å². The first-order chi connectivity index (χ1) is 16.7. The van der Waals surface area contributed by atoms with Crippen LogP contribution in [0.5, 0.6) is 0 Å². The molecular weight excluding hydrogens is 420 g/mol. The molecule has 1 saturated carbocycles. The summed E-state index contributed by atoms with van der Waals surface area (Å²) in [4.78, 5) is 15.4. The van der Waals surface area contributed by atoms with Crippen LogP contribution in [0.2, 0.25) is 0 Å². The minimum absolute atomic E-state index is 0.106. The lowest BCUT2D eigenvalue weighted by Gasteiger charge is -2.32. The van der Waals surface area contributed by atoms with Crippen LogP contribution in [0, 0.1) is 5.92 Å². The number of carbonyl (C=O) groups is 1. The Bertz CT molecular complexity index is 1110. The van der Waals surface area contributed by atoms with E-state index in [0.717, 1.165) is 43.2 Å². The summed E-state index contributed by atoms with van der Waals surface area (Å²) >= 11 is 0. The van der Waals surface area contributed by atoms with Crippen LogP contribution in [0.15, 0.2) is 78.9 Å². The second-order valence-corrected chi connectivity index (χ2v) is 9.69. The Kier molecular flexibility index (Phi) is 6.93. The minimum Gasteiger partial charge on any atom is -0.397 e. The van der Waals surface area contributed by atoms with E-state index in [4.69, 9.17) is 5.73 Å². The van der Waals surface area contributed by atoms with Crippen molar-refractivity contribution in [1.29, 1.82) is 0 Å². The van der Waals surface area contributed by atoms with Crippen LogP contribution in [0.25, 0.3) is 0 Å². The van der Waals surface area contributed by atoms with E-state index in [1.165, 1.54) is 24.8 Å². The number of hydrogen-bond donors (Lipinski definition) is 3. The van der Waals surface area contributed by atoms with Crippen molar-refractivity contribution >= 4 is 17.3 Å². The molecule has 1 saturated heterocycles. The zero-order valence-electron chi connectivity index (χ0n) is 19.6. The molecule has 0 spiro atoms. The number of nitrogens with zero attached hydrogens (tertiary/aromatic N) is 1. The van der Waals surface area contributed by atoms with Gasteiger partial charge in [-0.25, -0.2) is 0 Å². The topological polar surface area (TPSA) is 70.4 Å². The predicted octanol–water partition coefficient (Wildman–Crippen LogP) is 4.88. The van der Waals surface area contributed by atoms with E-state index in [2.05, 4.69) is 51.9 Å². The number of nitrogens with one attached hydrogen (secondary N) is 2. The van der Waals surface area contributed by atoms with Crippen molar-refractivity contribution in [3.63, 3.8) is 0 Å². The molecule has 3 aromatic carbocycles. The summed E-state index contributed by atoms with van der Waals surface area (Å²) in [6, 6.07) is 26.8. The third-order valence-electron chi connectivity index (χ3n) is 7.26. The molecule has 176 valence electrons. The maximum atomic E-state index is 13.0. The van der Waals surface area contributed by atoms with Gasteiger partial charge in [0, 0.05) is 24.1 Å². The van der Waals surface area contributed by atoms with Crippen molar-refractivity contribution in [1.82, 2.24) is 10.2 Å². The number of para-hydroxylation sites is 2. The molecule has 1 amide bonds. The van der Waals surface area contributed by atoms with Gasteiger partial charge in [0.25, 0.3) is 5.91 Å². The number of amides is 1. The summed E-state index contributed by atoms with van der Waals surface area (Å²) in [7, 11) is 0. The van der Waals surface area contributed by atoms with E-state index in [0.29, 0.717) is 23.3 Å². The summed E-state index contributed by atoms with van der Waals surface area (Å²) in [5.41, 5.74) is 10.5. The fourth-order valence-electron chi connectivity index (χ4n) is 5.08. The van der Waals surface area contributed by atoms with E-state index in [1.807, 2.05) is 36.4 Å². The lowest BCUT2D eigenvalue weighted by Crippen LogP contribution is -2.37. The standard InChI is InChI=1S/C29H34N4O/c30-26-12-6-7-13-27(26)32-29(34)24-11-5-4-10-23(24)20-33-16-14-21(15-17-33)19-31-28-18-25(28)22-8-2-1-3-9-22/h1-13,21,25,28,31H,14-20,30H2,(H,32,34)/t25-,28+/m0/s1. The van der Waals surface area contributed by atoms with Crippen molar-refractivity contribution in [2.24, 2.45) is 5.92 Å². The number of likely N-dealkylation sites (tertiary alicyclic amines) is 1. The first-order valence-electron chi connectivity index (χ1n) is 12.4. The monoisotopic (exact) mass is 454 g/mol. The van der Waals surface area contributed by atoms with Crippen LogP contribution in [0.4, 0.5) is 11.4 Å². The number of nitrogen functional groups attached to an aromatic ring is 1. The van der Waals surface area contributed by atoms with Gasteiger partial charge in [-0.1, -0.05) is 60.7 Å². The van der Waals surface area contributed by atoms with Crippen LogP contribution in [-0.4, -0.2) is 36.5 Å². The van der Waals surface area contributed by atoms with Gasteiger partial charge >= 0.3 is 0 Å². The highest BCUT2D eigenvalue weighted by molar-refractivity contribution is 6.06. The smallest absolute Gasteiger partial charge is 0.256 e. The fraction of sp³-hybridized carbons (Fsp3) is 0.345. The summed E-state index contributed by atoms with van der Waals surface area (Å²) in [5.74, 6) is 1.31. The van der Waals surface area contributed by atoms with E-state index >= 15 is 0 Å². The van der Waals surface area contributed by atoms with Gasteiger partial charge < -0.3 is 16.4 Å². The molecule has 5 heteroatoms. The third-order valence-corrected chi connectivity index (χ3v) is 7.26. The minimum atomic E-state index is -0.106. The van der Waals surface area contributed by atoms with Gasteiger partial charge in [0.1, 0.15) is 0 Å². The summed E-state index contributed by atoms with van der Waals surface area (Å²) in [6.45, 7) is 4.05. The Morgan fingerprint density at radius 1 is 0.912 bits per heavy atom. The lowest BCUT2D eigenvalue weighted by atomic mass is 9.95. The van der Waals surface area contributed by atoms with E-state index in [1.54, 1.807) is 6.07 Å². The number of carbonyl (C=O) groups excluding carboxylic acids is 1. The SMILES string of the molecule is Nc1ccccc1NC(=O)c1ccccc1CN1CCC(CN[C@@H]2C[C@H]2c2ccccc2)CC1. The van der Waals surface area contributed by atoms with Gasteiger partial charge in [0.05, 0.1) is 11.4 Å². The van der Waals surface area contributed by atoms with Crippen LogP contribution in [-0.2, 0) is 6.54 Å². The summed E-state index contributed by atoms with van der Waals surface area (Å²) < 4.78 is 0. The van der Waals surface area contributed by atoms with Gasteiger partial charge in [-0.2, -0.15) is 0 Å². The Labute approximate surface area is 202 Å².